The summed E-state index contributed by atoms with van der Waals surface area (Å²) in [5.74, 6) is 0.823. The molecule has 1 fully saturated rings. The van der Waals surface area contributed by atoms with Crippen molar-refractivity contribution in [3.8, 4) is 0 Å². The standard InChI is InChI=1S/C20H19BrN2O2S/c1-12-9-16(10-13(2)19(12)21)26(24,25)23-20-18(14-7-8-14)17-6-4-3-5-15(17)11-22-20/h3-6,9-11,14H,7-8H2,1-2H3,(H,22,23). The van der Waals surface area contributed by atoms with Crippen LogP contribution in [0.15, 0.2) is 52.0 Å². The number of pyridine rings is 1. The number of fused-ring (bicyclic) bond motifs is 1. The molecular weight excluding hydrogens is 412 g/mol. The molecule has 1 heterocycles. The van der Waals surface area contributed by atoms with Gasteiger partial charge in [-0.2, -0.15) is 0 Å². The zero-order valence-corrected chi connectivity index (χ0v) is 17.0. The van der Waals surface area contributed by atoms with Crippen molar-refractivity contribution in [2.75, 3.05) is 4.72 Å². The summed E-state index contributed by atoms with van der Waals surface area (Å²) in [5, 5.41) is 2.11. The highest BCUT2D eigenvalue weighted by Gasteiger charge is 2.30. The van der Waals surface area contributed by atoms with Crippen molar-refractivity contribution in [1.29, 1.82) is 0 Å². The van der Waals surface area contributed by atoms with Gasteiger partial charge in [0.1, 0.15) is 5.82 Å². The van der Waals surface area contributed by atoms with Crippen molar-refractivity contribution in [2.45, 2.75) is 37.5 Å². The molecule has 1 aliphatic rings. The van der Waals surface area contributed by atoms with Gasteiger partial charge in [0.2, 0.25) is 0 Å². The fourth-order valence-electron chi connectivity index (χ4n) is 3.30. The lowest BCUT2D eigenvalue weighted by Gasteiger charge is -2.15. The smallest absolute Gasteiger partial charge is 0.263 e. The zero-order valence-electron chi connectivity index (χ0n) is 14.6. The number of aryl methyl sites for hydroxylation is 2. The molecule has 4 rings (SSSR count). The number of nitrogens with zero attached hydrogens (tertiary/aromatic N) is 1. The molecule has 3 aromatic rings. The largest absolute Gasteiger partial charge is 0.263 e. The highest BCUT2D eigenvalue weighted by molar-refractivity contribution is 9.10. The number of sulfonamides is 1. The third-order valence-electron chi connectivity index (χ3n) is 4.78. The minimum Gasteiger partial charge on any atom is -0.263 e. The molecule has 134 valence electrons. The van der Waals surface area contributed by atoms with E-state index in [2.05, 4.69) is 25.6 Å². The number of rotatable bonds is 4. The third kappa shape index (κ3) is 3.12. The highest BCUT2D eigenvalue weighted by Crippen LogP contribution is 2.46. The van der Waals surface area contributed by atoms with Crippen LogP contribution >= 0.6 is 15.9 Å². The predicted molar refractivity (Wildman–Crippen MR) is 108 cm³/mol. The molecule has 1 aliphatic carbocycles. The molecule has 0 bridgehead atoms. The second-order valence-corrected chi connectivity index (χ2v) is 9.33. The van der Waals surface area contributed by atoms with Crippen LogP contribution in [-0.4, -0.2) is 13.4 Å². The van der Waals surface area contributed by atoms with Gasteiger partial charge in [0.15, 0.2) is 0 Å². The van der Waals surface area contributed by atoms with E-state index in [1.807, 2.05) is 38.1 Å². The Kier molecular flexibility index (Phi) is 4.28. The quantitative estimate of drug-likeness (QED) is 0.611. The molecule has 0 saturated heterocycles. The zero-order chi connectivity index (χ0) is 18.5. The fraction of sp³-hybridized carbons (Fsp3) is 0.250. The van der Waals surface area contributed by atoms with E-state index in [1.165, 1.54) is 0 Å². The van der Waals surface area contributed by atoms with Crippen LogP contribution in [-0.2, 0) is 10.0 Å². The van der Waals surface area contributed by atoms with Crippen LogP contribution < -0.4 is 4.72 Å². The normalized spacial score (nSPS) is 14.6. The van der Waals surface area contributed by atoms with Gasteiger partial charge in [-0.15, -0.1) is 0 Å². The first-order valence-electron chi connectivity index (χ1n) is 8.54. The minimum absolute atomic E-state index is 0.257. The van der Waals surface area contributed by atoms with Crippen molar-refractivity contribution in [1.82, 2.24) is 4.98 Å². The average Bonchev–Trinajstić information content (AvgIpc) is 3.43. The van der Waals surface area contributed by atoms with E-state index in [4.69, 9.17) is 0 Å². The van der Waals surface area contributed by atoms with Crippen molar-refractivity contribution < 1.29 is 8.42 Å². The predicted octanol–water partition coefficient (Wildman–Crippen LogP) is 5.29. The molecule has 0 spiro atoms. The lowest BCUT2D eigenvalue weighted by Crippen LogP contribution is -2.16. The Morgan fingerprint density at radius 3 is 2.42 bits per heavy atom. The van der Waals surface area contributed by atoms with Crippen LogP contribution in [0, 0.1) is 13.8 Å². The molecule has 0 radical (unpaired) electrons. The molecule has 4 nitrogen and oxygen atoms in total. The SMILES string of the molecule is Cc1cc(S(=O)(=O)Nc2ncc3ccccc3c2C2CC2)cc(C)c1Br. The maximum Gasteiger partial charge on any atom is 0.263 e. The number of benzene rings is 2. The maximum absolute atomic E-state index is 13.0. The molecular formula is C20H19BrN2O2S. The van der Waals surface area contributed by atoms with Crippen molar-refractivity contribution >= 4 is 42.5 Å². The molecule has 0 amide bonds. The van der Waals surface area contributed by atoms with E-state index in [-0.39, 0.29) is 4.90 Å². The summed E-state index contributed by atoms with van der Waals surface area (Å²) < 4.78 is 29.6. The molecule has 1 N–H and O–H groups in total. The number of hydrogen-bond acceptors (Lipinski definition) is 3. The van der Waals surface area contributed by atoms with Gasteiger partial charge < -0.3 is 0 Å². The summed E-state index contributed by atoms with van der Waals surface area (Å²) in [5.41, 5.74) is 2.79. The Morgan fingerprint density at radius 2 is 1.77 bits per heavy atom. The lowest BCUT2D eigenvalue weighted by molar-refractivity contribution is 0.600. The summed E-state index contributed by atoms with van der Waals surface area (Å²) in [4.78, 5) is 4.70. The third-order valence-corrected chi connectivity index (χ3v) is 7.34. The maximum atomic E-state index is 13.0. The van der Waals surface area contributed by atoms with Gasteiger partial charge in [-0.25, -0.2) is 13.4 Å². The van der Waals surface area contributed by atoms with Crippen molar-refractivity contribution in [2.24, 2.45) is 0 Å². The van der Waals surface area contributed by atoms with Gasteiger partial charge in [0.05, 0.1) is 4.90 Å². The van der Waals surface area contributed by atoms with Crippen LogP contribution in [0.5, 0.6) is 0 Å². The van der Waals surface area contributed by atoms with E-state index in [9.17, 15) is 8.42 Å². The summed E-state index contributed by atoms with van der Waals surface area (Å²) >= 11 is 3.49. The monoisotopic (exact) mass is 430 g/mol. The number of hydrogen-bond donors (Lipinski definition) is 1. The van der Waals surface area contributed by atoms with Gasteiger partial charge in [-0.1, -0.05) is 40.2 Å². The van der Waals surface area contributed by atoms with Crippen LogP contribution in [0.1, 0.15) is 35.4 Å². The molecule has 0 unspecified atom stereocenters. The summed E-state index contributed by atoms with van der Waals surface area (Å²) in [6.45, 7) is 3.78. The number of halogens is 1. The molecule has 26 heavy (non-hydrogen) atoms. The Labute approximate surface area is 161 Å². The lowest BCUT2D eigenvalue weighted by atomic mass is 10.0. The first kappa shape index (κ1) is 17.5. The minimum atomic E-state index is -3.71. The molecule has 0 atom stereocenters. The van der Waals surface area contributed by atoms with Crippen molar-refractivity contribution in [3.63, 3.8) is 0 Å². The molecule has 2 aromatic carbocycles. The molecule has 6 heteroatoms. The van der Waals surface area contributed by atoms with E-state index in [1.54, 1.807) is 18.3 Å². The van der Waals surface area contributed by atoms with Gasteiger partial charge in [-0.05, 0) is 61.3 Å². The van der Waals surface area contributed by atoms with Gasteiger partial charge in [-0.3, -0.25) is 4.72 Å². The van der Waals surface area contributed by atoms with Crippen LogP contribution in [0.3, 0.4) is 0 Å². The Morgan fingerprint density at radius 1 is 1.12 bits per heavy atom. The molecule has 1 aromatic heterocycles. The van der Waals surface area contributed by atoms with E-state index in [0.717, 1.165) is 44.8 Å². The van der Waals surface area contributed by atoms with Gasteiger partial charge >= 0.3 is 0 Å². The summed E-state index contributed by atoms with van der Waals surface area (Å²) in [7, 11) is -3.71. The Bertz CT molecular complexity index is 1100. The second kappa shape index (κ2) is 6.35. The van der Waals surface area contributed by atoms with Gasteiger partial charge in [0.25, 0.3) is 10.0 Å². The summed E-state index contributed by atoms with van der Waals surface area (Å²) in [6, 6.07) is 11.4. The topological polar surface area (TPSA) is 59.1 Å². The van der Waals surface area contributed by atoms with Crippen molar-refractivity contribution in [3.05, 3.63) is 63.8 Å². The number of nitrogens with one attached hydrogen (secondary N) is 1. The summed E-state index contributed by atoms with van der Waals surface area (Å²) in [6.07, 6.45) is 3.87. The van der Waals surface area contributed by atoms with Crippen LogP contribution in [0.4, 0.5) is 5.82 Å². The van der Waals surface area contributed by atoms with Gasteiger partial charge in [0, 0.05) is 21.6 Å². The second-order valence-electron chi connectivity index (χ2n) is 6.86. The average molecular weight is 431 g/mol. The van der Waals surface area contributed by atoms with E-state index >= 15 is 0 Å². The number of aromatic nitrogens is 1. The first-order valence-corrected chi connectivity index (χ1v) is 10.8. The molecule has 1 saturated carbocycles. The Balaban J connectivity index is 1.81. The first-order chi connectivity index (χ1) is 12.4. The molecule has 0 aliphatic heterocycles. The van der Waals surface area contributed by atoms with E-state index < -0.39 is 10.0 Å². The number of anilines is 1. The fourth-order valence-corrected chi connectivity index (χ4v) is 4.73. The highest BCUT2D eigenvalue weighted by atomic mass is 79.9. The van der Waals surface area contributed by atoms with E-state index in [0.29, 0.717) is 11.7 Å². The van der Waals surface area contributed by atoms with Crippen LogP contribution in [0.2, 0.25) is 0 Å². The van der Waals surface area contributed by atoms with Crippen LogP contribution in [0.25, 0.3) is 10.8 Å². The Hall–Kier alpha value is -1.92.